The molecule has 1 aliphatic heterocycles. The molecule has 0 radical (unpaired) electrons. The predicted octanol–water partition coefficient (Wildman–Crippen LogP) is 3.72. The van der Waals surface area contributed by atoms with Crippen molar-refractivity contribution >= 4 is 11.8 Å². The molecule has 166 valence electrons. The Hall–Kier alpha value is -1.82. The Morgan fingerprint density at radius 3 is 2.43 bits per heavy atom. The van der Waals surface area contributed by atoms with Crippen LogP contribution in [0.3, 0.4) is 0 Å². The van der Waals surface area contributed by atoms with Gasteiger partial charge in [-0.05, 0) is 57.9 Å². The van der Waals surface area contributed by atoms with Gasteiger partial charge < -0.3 is 14.6 Å². The Labute approximate surface area is 180 Å². The van der Waals surface area contributed by atoms with E-state index in [0.717, 1.165) is 68.3 Å². The first kappa shape index (κ1) is 21.4. The van der Waals surface area contributed by atoms with Gasteiger partial charge in [0.25, 0.3) is 0 Å². The van der Waals surface area contributed by atoms with E-state index in [4.69, 9.17) is 4.42 Å². The van der Waals surface area contributed by atoms with Crippen LogP contribution in [0.25, 0.3) is 0 Å². The van der Waals surface area contributed by atoms with Gasteiger partial charge in [0.15, 0.2) is 0 Å². The van der Waals surface area contributed by atoms with Crippen LogP contribution in [-0.4, -0.2) is 53.8 Å². The molecular formula is C24H37N3O3. The largest absolute Gasteiger partial charge is 0.466 e. The second-order valence-electron chi connectivity index (χ2n) is 9.51. The van der Waals surface area contributed by atoms with Crippen LogP contribution in [0.4, 0.5) is 0 Å². The quantitative estimate of drug-likeness (QED) is 0.737. The molecule has 4 rings (SSSR count). The number of amides is 2. The number of carbonyl (C=O) groups excluding carboxylic acids is 2. The van der Waals surface area contributed by atoms with Crippen LogP contribution in [0.2, 0.25) is 0 Å². The topological polar surface area (TPSA) is 65.8 Å². The average molecular weight is 416 g/mol. The van der Waals surface area contributed by atoms with E-state index < -0.39 is 0 Å². The molecule has 6 heteroatoms. The van der Waals surface area contributed by atoms with Gasteiger partial charge in [-0.25, -0.2) is 0 Å². The van der Waals surface area contributed by atoms with Gasteiger partial charge >= 0.3 is 0 Å². The molecule has 2 aliphatic carbocycles. The first-order valence-corrected chi connectivity index (χ1v) is 11.9. The highest BCUT2D eigenvalue weighted by atomic mass is 16.3. The zero-order valence-electron chi connectivity index (χ0n) is 18.6. The summed E-state index contributed by atoms with van der Waals surface area (Å²) in [5.41, 5.74) is 0.967. The number of nitrogens with one attached hydrogen (secondary N) is 1. The summed E-state index contributed by atoms with van der Waals surface area (Å²) in [4.78, 5) is 30.3. The van der Waals surface area contributed by atoms with E-state index in [-0.39, 0.29) is 17.9 Å². The molecule has 2 saturated carbocycles. The van der Waals surface area contributed by atoms with Crippen molar-refractivity contribution < 1.29 is 14.0 Å². The number of nitrogens with zero attached hydrogens (tertiary/aromatic N) is 2. The van der Waals surface area contributed by atoms with Gasteiger partial charge in [0.1, 0.15) is 17.6 Å². The summed E-state index contributed by atoms with van der Waals surface area (Å²) in [7, 11) is 0. The van der Waals surface area contributed by atoms with E-state index in [1.807, 2.05) is 24.8 Å². The van der Waals surface area contributed by atoms with E-state index in [1.165, 1.54) is 25.7 Å². The van der Waals surface area contributed by atoms with Crippen LogP contribution in [0.1, 0.15) is 80.9 Å². The molecule has 1 unspecified atom stereocenters. The van der Waals surface area contributed by atoms with Gasteiger partial charge in [-0.3, -0.25) is 14.5 Å². The average Bonchev–Trinajstić information content (AvgIpc) is 2.83. The van der Waals surface area contributed by atoms with Crippen molar-refractivity contribution in [2.75, 3.05) is 26.2 Å². The van der Waals surface area contributed by atoms with E-state index in [2.05, 4.69) is 10.2 Å². The van der Waals surface area contributed by atoms with Crippen molar-refractivity contribution in [1.29, 1.82) is 0 Å². The summed E-state index contributed by atoms with van der Waals surface area (Å²) < 4.78 is 5.77. The maximum atomic E-state index is 13.3. The van der Waals surface area contributed by atoms with Crippen LogP contribution >= 0.6 is 0 Å². The smallest absolute Gasteiger partial charge is 0.242 e. The van der Waals surface area contributed by atoms with Crippen LogP contribution in [0.5, 0.6) is 0 Å². The third-order valence-corrected chi connectivity index (χ3v) is 7.31. The van der Waals surface area contributed by atoms with E-state index in [0.29, 0.717) is 19.0 Å². The Kier molecular flexibility index (Phi) is 6.81. The van der Waals surface area contributed by atoms with Gasteiger partial charge in [-0.15, -0.1) is 0 Å². The van der Waals surface area contributed by atoms with E-state index >= 15 is 0 Å². The molecule has 1 N–H and O–H groups in total. The minimum atomic E-state index is -0.340. The highest BCUT2D eigenvalue weighted by Gasteiger charge is 2.34. The first-order chi connectivity index (χ1) is 14.5. The molecule has 0 aromatic carbocycles. The van der Waals surface area contributed by atoms with Crippen LogP contribution in [0, 0.1) is 19.8 Å². The fraction of sp³-hybridized carbons (Fsp3) is 0.750. The molecule has 3 aliphatic rings. The Balaban J connectivity index is 1.41. The first-order valence-electron chi connectivity index (χ1n) is 11.9. The molecule has 1 saturated heterocycles. The van der Waals surface area contributed by atoms with Gasteiger partial charge in [0.05, 0.1) is 0 Å². The minimum absolute atomic E-state index is 0.0772. The molecule has 3 fully saturated rings. The number of aryl methyl sites for hydroxylation is 2. The lowest BCUT2D eigenvalue weighted by Gasteiger charge is -2.33. The summed E-state index contributed by atoms with van der Waals surface area (Å²) in [5.74, 6) is 2.79. The zero-order chi connectivity index (χ0) is 21.1. The lowest BCUT2D eigenvalue weighted by Crippen LogP contribution is -2.47. The molecule has 30 heavy (non-hydrogen) atoms. The summed E-state index contributed by atoms with van der Waals surface area (Å²) >= 11 is 0. The van der Waals surface area contributed by atoms with Gasteiger partial charge in [0, 0.05) is 44.2 Å². The predicted molar refractivity (Wildman–Crippen MR) is 116 cm³/mol. The number of furan rings is 1. The number of hydrogen-bond donors (Lipinski definition) is 1. The van der Waals surface area contributed by atoms with Gasteiger partial charge in [-0.2, -0.15) is 0 Å². The molecule has 2 heterocycles. The number of rotatable bonds is 7. The van der Waals surface area contributed by atoms with Crippen LogP contribution in [0.15, 0.2) is 10.5 Å². The summed E-state index contributed by atoms with van der Waals surface area (Å²) in [5, 5.41) is 3.25. The van der Waals surface area contributed by atoms with E-state index in [1.54, 1.807) is 0 Å². The fourth-order valence-corrected chi connectivity index (χ4v) is 4.97. The van der Waals surface area contributed by atoms with Gasteiger partial charge in [-0.1, -0.05) is 19.3 Å². The number of carbonyl (C=O) groups is 2. The third kappa shape index (κ3) is 4.90. The zero-order valence-corrected chi connectivity index (χ0v) is 18.6. The molecule has 1 atom stereocenters. The Morgan fingerprint density at radius 2 is 1.83 bits per heavy atom. The van der Waals surface area contributed by atoms with Crippen molar-refractivity contribution in [2.24, 2.45) is 5.92 Å². The lowest BCUT2D eigenvalue weighted by atomic mass is 9.82. The normalized spacial score (nSPS) is 22.1. The monoisotopic (exact) mass is 415 g/mol. The van der Waals surface area contributed by atoms with Crippen molar-refractivity contribution in [3.8, 4) is 0 Å². The molecule has 2 amide bonds. The third-order valence-electron chi connectivity index (χ3n) is 7.31. The second-order valence-corrected chi connectivity index (χ2v) is 9.51. The van der Waals surface area contributed by atoms with Crippen LogP contribution in [-0.2, 0) is 9.59 Å². The standard InChI is InChI=1S/C24H37N3O3/c1-17-16-21(18(2)30-17)23(24(29)25-20-8-4-9-20)27-13-5-12-26(14-15-27)22(28)11-10-19-6-3-7-19/h16,19-20,23H,3-15H2,1-2H3,(H,25,29). The molecular weight excluding hydrogens is 378 g/mol. The SMILES string of the molecule is Cc1cc(C(C(=O)NC2CCC2)N2CCCN(C(=O)CCC3CCC3)CC2)c(C)o1. The Bertz CT molecular complexity index is 751. The van der Waals surface area contributed by atoms with Crippen LogP contribution < -0.4 is 5.32 Å². The summed E-state index contributed by atoms with van der Waals surface area (Å²) in [6.07, 6.45) is 9.88. The molecule has 0 spiro atoms. The number of hydrogen-bond acceptors (Lipinski definition) is 4. The van der Waals surface area contributed by atoms with Crippen molar-refractivity contribution in [2.45, 2.75) is 83.7 Å². The summed E-state index contributed by atoms with van der Waals surface area (Å²) in [6, 6.07) is 1.98. The second kappa shape index (κ2) is 9.54. The maximum absolute atomic E-state index is 13.3. The van der Waals surface area contributed by atoms with Crippen molar-refractivity contribution in [3.63, 3.8) is 0 Å². The van der Waals surface area contributed by atoms with Crippen molar-refractivity contribution in [3.05, 3.63) is 23.2 Å². The highest BCUT2D eigenvalue weighted by Crippen LogP contribution is 2.31. The molecule has 0 bridgehead atoms. The molecule has 1 aromatic heterocycles. The molecule has 6 nitrogen and oxygen atoms in total. The Morgan fingerprint density at radius 1 is 1.07 bits per heavy atom. The van der Waals surface area contributed by atoms with Gasteiger partial charge in [0.2, 0.25) is 11.8 Å². The van der Waals surface area contributed by atoms with E-state index in [9.17, 15) is 9.59 Å². The maximum Gasteiger partial charge on any atom is 0.242 e. The minimum Gasteiger partial charge on any atom is -0.466 e. The van der Waals surface area contributed by atoms with Crippen molar-refractivity contribution in [1.82, 2.24) is 15.1 Å². The lowest BCUT2D eigenvalue weighted by molar-refractivity contribution is -0.131. The highest BCUT2D eigenvalue weighted by molar-refractivity contribution is 5.84. The molecule has 1 aromatic rings. The summed E-state index contributed by atoms with van der Waals surface area (Å²) in [6.45, 7) is 6.91. The fourth-order valence-electron chi connectivity index (χ4n) is 4.97.